The quantitative estimate of drug-likeness (QED) is 0.765. The third kappa shape index (κ3) is 1.17. The molecule has 0 radical (unpaired) electrons. The summed E-state index contributed by atoms with van der Waals surface area (Å²) in [6.45, 7) is 0. The number of hydrogen-bond acceptors (Lipinski definition) is 5. The fourth-order valence-corrected chi connectivity index (χ4v) is 1.08. The summed E-state index contributed by atoms with van der Waals surface area (Å²) in [4.78, 5) is 18.2. The number of carboxylic acid groups (broad SMARTS) is 1. The molecule has 0 atom stereocenters. The first-order valence-electron chi connectivity index (χ1n) is 3.74. The molecule has 2 heterocycles. The average Bonchev–Trinajstić information content (AvgIpc) is 2.60. The second-order valence-corrected chi connectivity index (χ2v) is 2.51. The van der Waals surface area contributed by atoms with Crippen LogP contribution in [0.1, 0.15) is 10.6 Å². The Balaban J connectivity index is 2.70. The molecule has 14 heavy (non-hydrogen) atoms. The molecule has 72 valence electrons. The maximum Gasteiger partial charge on any atom is 0.371 e. The summed E-state index contributed by atoms with van der Waals surface area (Å²) in [6, 6.07) is 1.32. The Kier molecular flexibility index (Phi) is 1.81. The lowest BCUT2D eigenvalue weighted by molar-refractivity contribution is 0.0665. The number of nitrogens with zero attached hydrogens (tertiary/aromatic N) is 2. The molecule has 2 rings (SSSR count). The summed E-state index contributed by atoms with van der Waals surface area (Å²) in [5, 5.41) is 8.67. The molecule has 0 spiro atoms. The van der Waals surface area contributed by atoms with Crippen LogP contribution in [0.5, 0.6) is 5.88 Å². The van der Waals surface area contributed by atoms with Crippen LogP contribution in [-0.2, 0) is 0 Å². The molecule has 6 heteroatoms. The van der Waals surface area contributed by atoms with Crippen molar-refractivity contribution in [3.63, 3.8) is 0 Å². The third-order valence-corrected chi connectivity index (χ3v) is 1.68. The van der Waals surface area contributed by atoms with Gasteiger partial charge in [0.2, 0.25) is 11.3 Å². The number of rotatable bonds is 2. The van der Waals surface area contributed by atoms with Crippen molar-refractivity contribution in [3.8, 4) is 5.88 Å². The first kappa shape index (κ1) is 8.49. The van der Waals surface area contributed by atoms with E-state index in [-0.39, 0.29) is 17.2 Å². The van der Waals surface area contributed by atoms with Crippen LogP contribution in [0.4, 0.5) is 0 Å². The van der Waals surface area contributed by atoms with Gasteiger partial charge >= 0.3 is 5.97 Å². The molecule has 0 aromatic carbocycles. The number of fused-ring (bicyclic) bond motifs is 1. The van der Waals surface area contributed by atoms with Gasteiger partial charge in [-0.15, -0.1) is 0 Å². The molecule has 0 aliphatic carbocycles. The van der Waals surface area contributed by atoms with Gasteiger partial charge < -0.3 is 14.3 Å². The monoisotopic (exact) mass is 194 g/mol. The Hall–Kier alpha value is -2.11. The van der Waals surface area contributed by atoms with Gasteiger partial charge in [-0.25, -0.2) is 9.78 Å². The first-order valence-corrected chi connectivity index (χ1v) is 3.74. The van der Waals surface area contributed by atoms with Crippen molar-refractivity contribution in [2.45, 2.75) is 0 Å². The maximum absolute atomic E-state index is 10.6. The van der Waals surface area contributed by atoms with E-state index in [4.69, 9.17) is 14.3 Å². The highest BCUT2D eigenvalue weighted by Gasteiger charge is 2.14. The lowest BCUT2D eigenvalue weighted by Gasteiger charge is -1.95. The van der Waals surface area contributed by atoms with E-state index in [1.807, 2.05) is 0 Å². The van der Waals surface area contributed by atoms with Crippen molar-refractivity contribution >= 4 is 17.1 Å². The smallest absolute Gasteiger partial charge is 0.371 e. The van der Waals surface area contributed by atoms with Crippen molar-refractivity contribution < 1.29 is 19.1 Å². The normalized spacial score (nSPS) is 10.4. The second-order valence-electron chi connectivity index (χ2n) is 2.51. The summed E-state index contributed by atoms with van der Waals surface area (Å²) >= 11 is 0. The molecule has 2 aromatic heterocycles. The Morgan fingerprint density at radius 3 is 3.00 bits per heavy atom. The van der Waals surface area contributed by atoms with Crippen LogP contribution in [0, 0.1) is 0 Å². The number of hydrogen-bond donors (Lipinski definition) is 1. The van der Waals surface area contributed by atoms with Crippen LogP contribution in [0.25, 0.3) is 11.1 Å². The van der Waals surface area contributed by atoms with E-state index in [0.717, 1.165) is 0 Å². The van der Waals surface area contributed by atoms with Crippen LogP contribution >= 0.6 is 0 Å². The Bertz CT molecular complexity index is 491. The second kappa shape index (κ2) is 2.99. The number of methoxy groups -OCH3 is 1. The van der Waals surface area contributed by atoms with Gasteiger partial charge in [-0.05, 0) is 0 Å². The van der Waals surface area contributed by atoms with Crippen molar-refractivity contribution in [2.75, 3.05) is 7.11 Å². The van der Waals surface area contributed by atoms with Crippen LogP contribution in [0.15, 0.2) is 16.8 Å². The largest absolute Gasteiger partial charge is 0.478 e. The summed E-state index contributed by atoms with van der Waals surface area (Å²) in [7, 11) is 1.42. The number of ether oxygens (including phenoxy) is 1. The molecule has 0 unspecified atom stereocenters. The van der Waals surface area contributed by atoms with E-state index in [1.54, 1.807) is 0 Å². The summed E-state index contributed by atoms with van der Waals surface area (Å²) in [5.41, 5.74) is 0.654. The Morgan fingerprint density at radius 1 is 1.57 bits per heavy atom. The zero-order valence-corrected chi connectivity index (χ0v) is 7.22. The number of aromatic nitrogens is 2. The minimum atomic E-state index is -1.15. The fourth-order valence-electron chi connectivity index (χ4n) is 1.08. The molecule has 6 nitrogen and oxygen atoms in total. The Labute approximate surface area is 78.1 Å². The van der Waals surface area contributed by atoms with Gasteiger partial charge in [-0.1, -0.05) is 0 Å². The van der Waals surface area contributed by atoms with Gasteiger partial charge in [0.25, 0.3) is 5.88 Å². The molecule has 0 aliphatic heterocycles. The van der Waals surface area contributed by atoms with Crippen LogP contribution in [0.2, 0.25) is 0 Å². The van der Waals surface area contributed by atoms with E-state index >= 15 is 0 Å². The van der Waals surface area contributed by atoms with Crippen LogP contribution in [-0.4, -0.2) is 28.2 Å². The van der Waals surface area contributed by atoms with E-state index < -0.39 is 5.97 Å². The third-order valence-electron chi connectivity index (χ3n) is 1.68. The lowest BCUT2D eigenvalue weighted by Crippen LogP contribution is -1.91. The number of furan rings is 1. The maximum atomic E-state index is 10.6. The predicted octanol–water partition coefficient (Wildman–Crippen LogP) is 0.930. The van der Waals surface area contributed by atoms with E-state index in [1.165, 1.54) is 19.5 Å². The molecule has 0 amide bonds. The first-order chi connectivity index (χ1) is 6.72. The number of carbonyl (C=O) groups is 1. The van der Waals surface area contributed by atoms with Gasteiger partial charge in [0.05, 0.1) is 7.11 Å². The van der Waals surface area contributed by atoms with Crippen molar-refractivity contribution in [2.24, 2.45) is 0 Å². The van der Waals surface area contributed by atoms with Gasteiger partial charge in [0, 0.05) is 6.07 Å². The molecule has 0 saturated heterocycles. The molecule has 0 aliphatic rings. The molecular formula is C8H6N2O4. The number of aromatic carboxylic acids is 1. The topological polar surface area (TPSA) is 85.5 Å². The molecule has 0 saturated carbocycles. The van der Waals surface area contributed by atoms with E-state index in [2.05, 4.69) is 9.97 Å². The van der Waals surface area contributed by atoms with Crippen LogP contribution < -0.4 is 4.74 Å². The molecule has 2 aromatic rings. The summed E-state index contributed by atoms with van der Waals surface area (Å²) in [5.74, 6) is -1.11. The number of carboxylic acids is 1. The van der Waals surface area contributed by atoms with Gasteiger partial charge in [-0.3, -0.25) is 0 Å². The SMILES string of the molecule is COc1ncnc2cc(C(=O)O)oc12. The van der Waals surface area contributed by atoms with Gasteiger partial charge in [0.15, 0.2) is 0 Å². The molecule has 0 fully saturated rings. The highest BCUT2D eigenvalue weighted by Crippen LogP contribution is 2.24. The highest BCUT2D eigenvalue weighted by atomic mass is 16.5. The van der Waals surface area contributed by atoms with Crippen molar-refractivity contribution in [3.05, 3.63) is 18.2 Å². The highest BCUT2D eigenvalue weighted by molar-refractivity contribution is 5.91. The molecule has 0 bridgehead atoms. The molecular weight excluding hydrogens is 188 g/mol. The van der Waals surface area contributed by atoms with Crippen molar-refractivity contribution in [1.82, 2.24) is 9.97 Å². The fraction of sp³-hybridized carbons (Fsp3) is 0.125. The Morgan fingerprint density at radius 2 is 2.36 bits per heavy atom. The average molecular weight is 194 g/mol. The van der Waals surface area contributed by atoms with Crippen molar-refractivity contribution in [1.29, 1.82) is 0 Å². The zero-order chi connectivity index (χ0) is 10.1. The lowest BCUT2D eigenvalue weighted by atomic mass is 10.4. The van der Waals surface area contributed by atoms with E-state index in [9.17, 15) is 4.79 Å². The van der Waals surface area contributed by atoms with Crippen LogP contribution in [0.3, 0.4) is 0 Å². The molecule has 1 N–H and O–H groups in total. The predicted molar refractivity (Wildman–Crippen MR) is 45.3 cm³/mol. The minimum absolute atomic E-state index is 0.182. The standard InChI is InChI=1S/C8H6N2O4/c1-13-7-6-4(9-3-10-7)2-5(14-6)8(11)12/h2-3H,1H3,(H,11,12). The van der Waals surface area contributed by atoms with Gasteiger partial charge in [-0.2, -0.15) is 4.98 Å². The summed E-state index contributed by atoms with van der Waals surface area (Å²) in [6.07, 6.45) is 1.28. The minimum Gasteiger partial charge on any atom is -0.478 e. The summed E-state index contributed by atoms with van der Waals surface area (Å²) < 4.78 is 9.88. The zero-order valence-electron chi connectivity index (χ0n) is 7.22. The van der Waals surface area contributed by atoms with Gasteiger partial charge in [0.1, 0.15) is 11.8 Å². The van der Waals surface area contributed by atoms with E-state index in [0.29, 0.717) is 5.52 Å².